The molecule has 1 fully saturated rings. The topological polar surface area (TPSA) is 167 Å². The van der Waals surface area contributed by atoms with Gasteiger partial charge < -0.3 is 25.4 Å². The van der Waals surface area contributed by atoms with E-state index in [0.29, 0.717) is 52.9 Å². The van der Waals surface area contributed by atoms with Crippen LogP contribution < -0.4 is 20.3 Å². The van der Waals surface area contributed by atoms with Crippen LogP contribution in [-0.2, 0) is 0 Å². The van der Waals surface area contributed by atoms with Crippen molar-refractivity contribution in [2.24, 2.45) is 0 Å². The molecule has 13 nitrogen and oxygen atoms in total. The van der Waals surface area contributed by atoms with E-state index in [1.165, 1.54) is 30.9 Å². The number of ether oxygens (including phenoxy) is 1. The first-order valence-corrected chi connectivity index (χ1v) is 12.9. The molecule has 2 atom stereocenters. The van der Waals surface area contributed by atoms with Crippen molar-refractivity contribution in [1.82, 2.24) is 35.0 Å². The highest BCUT2D eigenvalue weighted by Gasteiger charge is 2.29. The van der Waals surface area contributed by atoms with Crippen LogP contribution in [0.1, 0.15) is 36.2 Å². The van der Waals surface area contributed by atoms with E-state index in [9.17, 15) is 19.6 Å². The van der Waals surface area contributed by atoms with Gasteiger partial charge in [-0.1, -0.05) is 0 Å². The monoisotopic (exact) mass is 560 g/mol. The molecule has 41 heavy (non-hydrogen) atoms. The maximum Gasteiger partial charge on any atom is 0.255 e. The number of aromatic nitrogens is 6. The van der Waals surface area contributed by atoms with Crippen LogP contribution in [0.5, 0.6) is 5.75 Å². The summed E-state index contributed by atoms with van der Waals surface area (Å²) < 4.78 is 21.0. The van der Waals surface area contributed by atoms with Crippen LogP contribution >= 0.6 is 0 Å². The SMILES string of the molecule is COc1cnc(N2CCC(Nc3cc(-n4ncc5cc(C#N)cnc54)ncc3C(=O)NCC(F)C(C)(C)O)C2)nc1. The lowest BCUT2D eigenvalue weighted by Crippen LogP contribution is -2.42. The molecule has 2 unspecified atom stereocenters. The summed E-state index contributed by atoms with van der Waals surface area (Å²) in [6.45, 7) is 3.57. The minimum atomic E-state index is -1.66. The number of methoxy groups -OCH3 is 1. The Hall–Kier alpha value is -4.90. The van der Waals surface area contributed by atoms with Crippen LogP contribution in [0.3, 0.4) is 0 Å². The second kappa shape index (κ2) is 11.3. The molecule has 3 N–H and O–H groups in total. The number of nitriles is 1. The van der Waals surface area contributed by atoms with Crippen LogP contribution in [0, 0.1) is 11.3 Å². The van der Waals surface area contributed by atoms with E-state index in [4.69, 9.17) is 4.74 Å². The molecule has 14 heteroatoms. The van der Waals surface area contributed by atoms with Gasteiger partial charge >= 0.3 is 0 Å². The molecule has 212 valence electrons. The number of fused-ring (bicyclic) bond motifs is 1. The lowest BCUT2D eigenvalue weighted by atomic mass is 10.0. The first-order valence-electron chi connectivity index (χ1n) is 12.9. The normalized spacial score (nSPS) is 15.9. The molecule has 5 rings (SSSR count). The van der Waals surface area contributed by atoms with Gasteiger partial charge in [-0.25, -0.2) is 24.3 Å². The van der Waals surface area contributed by atoms with Gasteiger partial charge in [0.2, 0.25) is 5.95 Å². The molecule has 0 aliphatic carbocycles. The molecule has 1 saturated heterocycles. The third kappa shape index (κ3) is 5.99. The van der Waals surface area contributed by atoms with Gasteiger partial charge in [0.15, 0.2) is 17.2 Å². The zero-order valence-electron chi connectivity index (χ0n) is 22.7. The molecule has 1 aliphatic heterocycles. The Labute approximate surface area is 235 Å². The Morgan fingerprint density at radius 2 is 2.00 bits per heavy atom. The molecule has 0 radical (unpaired) electrons. The molecule has 0 spiro atoms. The summed E-state index contributed by atoms with van der Waals surface area (Å²) in [4.78, 5) is 32.7. The summed E-state index contributed by atoms with van der Waals surface area (Å²) in [6, 6.07) is 5.34. The standard InChI is InChI=1S/C27H29FN10O3/c1-27(2,40)22(28)14-32-25(39)20-13-30-23(38-24-17(10-35-38)6-16(8-29)9-31-24)7-21(20)36-18-4-5-37(15-18)26-33-11-19(41-3)12-34-26/h6-7,9-13,18,22,40H,4-5,14-15H2,1-3H3,(H,30,36)(H,32,39). The Morgan fingerprint density at radius 1 is 1.22 bits per heavy atom. The van der Waals surface area contributed by atoms with E-state index in [2.05, 4.69) is 41.7 Å². The largest absolute Gasteiger partial charge is 0.494 e. The lowest BCUT2D eigenvalue weighted by Gasteiger charge is -2.23. The fourth-order valence-corrected chi connectivity index (χ4v) is 4.40. The van der Waals surface area contributed by atoms with Crippen LogP contribution in [0.15, 0.2) is 43.1 Å². The Kier molecular flexibility index (Phi) is 7.62. The third-order valence-corrected chi connectivity index (χ3v) is 6.78. The first kappa shape index (κ1) is 27.7. The highest BCUT2D eigenvalue weighted by molar-refractivity contribution is 5.99. The molecule has 0 saturated carbocycles. The summed E-state index contributed by atoms with van der Waals surface area (Å²) >= 11 is 0. The highest BCUT2D eigenvalue weighted by atomic mass is 19.1. The lowest BCUT2D eigenvalue weighted by molar-refractivity contribution is -0.00177. The fraction of sp³-hybridized carbons (Fsp3) is 0.370. The summed E-state index contributed by atoms with van der Waals surface area (Å²) in [6.07, 6.45) is 6.71. The van der Waals surface area contributed by atoms with Crippen LogP contribution in [0.4, 0.5) is 16.0 Å². The summed E-state index contributed by atoms with van der Waals surface area (Å²) in [5.74, 6) is 0.973. The number of aliphatic hydroxyl groups is 1. The van der Waals surface area contributed by atoms with Gasteiger partial charge in [0.1, 0.15) is 12.2 Å². The molecule has 0 bridgehead atoms. The molecule has 1 aliphatic rings. The first-order chi connectivity index (χ1) is 19.7. The van der Waals surface area contributed by atoms with Gasteiger partial charge in [0.25, 0.3) is 5.91 Å². The van der Waals surface area contributed by atoms with Crippen molar-refractivity contribution in [2.45, 2.75) is 38.1 Å². The molecule has 4 aromatic rings. The van der Waals surface area contributed by atoms with Gasteiger partial charge in [-0.2, -0.15) is 15.0 Å². The molecular weight excluding hydrogens is 531 g/mol. The molecule has 5 heterocycles. The van der Waals surface area contributed by atoms with Gasteiger partial charge in [-0.05, 0) is 26.3 Å². The van der Waals surface area contributed by atoms with E-state index in [1.54, 1.807) is 37.8 Å². The minimum absolute atomic E-state index is 0.0709. The molecular formula is C27H29FN10O3. The number of pyridine rings is 2. The van der Waals surface area contributed by atoms with E-state index in [1.807, 2.05) is 4.90 Å². The maximum absolute atomic E-state index is 14.4. The highest BCUT2D eigenvalue weighted by Crippen LogP contribution is 2.25. The van der Waals surface area contributed by atoms with Crippen molar-refractivity contribution < 1.29 is 19.0 Å². The number of hydrogen-bond acceptors (Lipinski definition) is 11. The molecule has 4 aromatic heterocycles. The van der Waals surface area contributed by atoms with Crippen molar-refractivity contribution in [3.05, 3.63) is 54.2 Å². The Balaban J connectivity index is 1.42. The van der Waals surface area contributed by atoms with Crippen molar-refractivity contribution in [3.8, 4) is 17.6 Å². The third-order valence-electron chi connectivity index (χ3n) is 6.78. The number of hydrogen-bond donors (Lipinski definition) is 3. The van der Waals surface area contributed by atoms with Crippen molar-refractivity contribution in [3.63, 3.8) is 0 Å². The zero-order chi connectivity index (χ0) is 29.1. The second-order valence-electron chi connectivity index (χ2n) is 10.2. The Morgan fingerprint density at radius 3 is 2.71 bits per heavy atom. The van der Waals surface area contributed by atoms with E-state index in [-0.39, 0.29) is 18.2 Å². The number of anilines is 2. The van der Waals surface area contributed by atoms with Crippen molar-refractivity contribution >= 4 is 28.6 Å². The van der Waals surface area contributed by atoms with E-state index in [0.717, 1.165) is 6.42 Å². The molecule has 1 amide bonds. The van der Waals surface area contributed by atoms with Gasteiger partial charge in [-0.3, -0.25) is 4.79 Å². The number of alkyl halides is 1. The average molecular weight is 561 g/mol. The van der Waals surface area contributed by atoms with E-state index >= 15 is 0 Å². The molecule has 0 aromatic carbocycles. The number of amides is 1. The smallest absolute Gasteiger partial charge is 0.255 e. The number of rotatable bonds is 9. The summed E-state index contributed by atoms with van der Waals surface area (Å²) in [5, 5.41) is 30.1. The average Bonchev–Trinajstić information content (AvgIpc) is 3.62. The van der Waals surface area contributed by atoms with Crippen LogP contribution in [-0.4, -0.2) is 85.3 Å². The number of nitrogens with one attached hydrogen (secondary N) is 2. The number of carbonyl (C=O) groups excluding carboxylic acids is 1. The predicted molar refractivity (Wildman–Crippen MR) is 148 cm³/mol. The van der Waals surface area contributed by atoms with Crippen molar-refractivity contribution in [1.29, 1.82) is 5.26 Å². The zero-order valence-corrected chi connectivity index (χ0v) is 22.7. The summed E-state index contributed by atoms with van der Waals surface area (Å²) in [7, 11) is 1.55. The number of nitrogens with zero attached hydrogens (tertiary/aromatic N) is 8. The van der Waals surface area contributed by atoms with Gasteiger partial charge in [-0.15, -0.1) is 0 Å². The Bertz CT molecular complexity index is 1600. The summed E-state index contributed by atoms with van der Waals surface area (Å²) in [5.41, 5.74) is -0.0395. The number of halogens is 1. The predicted octanol–water partition coefficient (Wildman–Crippen LogP) is 2.02. The van der Waals surface area contributed by atoms with Crippen LogP contribution in [0.25, 0.3) is 16.9 Å². The fourth-order valence-electron chi connectivity index (χ4n) is 4.40. The van der Waals surface area contributed by atoms with Gasteiger partial charge in [0, 0.05) is 43.0 Å². The van der Waals surface area contributed by atoms with E-state index < -0.39 is 17.7 Å². The van der Waals surface area contributed by atoms with Crippen molar-refractivity contribution in [2.75, 3.05) is 37.0 Å². The maximum atomic E-state index is 14.4. The number of carbonyl (C=O) groups is 1. The minimum Gasteiger partial charge on any atom is -0.494 e. The quantitative estimate of drug-likeness (QED) is 0.274. The van der Waals surface area contributed by atoms with Crippen LogP contribution in [0.2, 0.25) is 0 Å². The van der Waals surface area contributed by atoms with Gasteiger partial charge in [0.05, 0.1) is 54.7 Å². The second-order valence-corrected chi connectivity index (χ2v) is 10.2.